The molecule has 0 bridgehead atoms. The van der Waals surface area contributed by atoms with E-state index < -0.39 is 5.60 Å². The van der Waals surface area contributed by atoms with E-state index in [4.69, 9.17) is 9.47 Å². The van der Waals surface area contributed by atoms with E-state index in [1.807, 2.05) is 32.9 Å². The molecule has 0 saturated carbocycles. The molecule has 1 amide bonds. The summed E-state index contributed by atoms with van der Waals surface area (Å²) in [6.07, 6.45) is 1.20. The standard InChI is InChI=1S/C22H31FN2O4/c1-22(2,3)29-21(27)25-13-17(14-25)18-6-5-15(11-19(18)23)12-24-9-7-16(8-10-24)20(26)28-4/h5-6,11,16-17H,7-10,12-14H2,1-4H3. The van der Waals surface area contributed by atoms with Crippen molar-refractivity contribution in [1.82, 2.24) is 9.80 Å². The molecule has 0 N–H and O–H groups in total. The molecule has 2 aliphatic rings. The molecular weight excluding hydrogens is 375 g/mol. The third-order valence-electron chi connectivity index (χ3n) is 5.57. The molecule has 2 fully saturated rings. The van der Waals surface area contributed by atoms with Crippen LogP contribution in [0, 0.1) is 11.7 Å². The van der Waals surface area contributed by atoms with E-state index in [9.17, 15) is 14.0 Å². The lowest BCUT2D eigenvalue weighted by Crippen LogP contribution is -2.50. The normalized spacial score (nSPS) is 19.0. The van der Waals surface area contributed by atoms with Crippen LogP contribution in [-0.4, -0.2) is 60.8 Å². The van der Waals surface area contributed by atoms with Gasteiger partial charge in [0.2, 0.25) is 0 Å². The van der Waals surface area contributed by atoms with Crippen molar-refractivity contribution < 1.29 is 23.5 Å². The minimum Gasteiger partial charge on any atom is -0.469 e. The molecule has 0 radical (unpaired) electrons. The van der Waals surface area contributed by atoms with Crippen molar-refractivity contribution in [3.05, 3.63) is 35.1 Å². The summed E-state index contributed by atoms with van der Waals surface area (Å²) >= 11 is 0. The second-order valence-electron chi connectivity index (χ2n) is 9.01. The zero-order chi connectivity index (χ0) is 21.2. The second-order valence-corrected chi connectivity index (χ2v) is 9.01. The first kappa shape index (κ1) is 21.6. The van der Waals surface area contributed by atoms with Gasteiger partial charge in [0.25, 0.3) is 0 Å². The van der Waals surface area contributed by atoms with E-state index in [-0.39, 0.29) is 29.7 Å². The molecule has 1 aromatic carbocycles. The number of halogens is 1. The molecule has 2 aliphatic heterocycles. The predicted octanol–water partition coefficient (Wildman–Crippen LogP) is 3.55. The Morgan fingerprint density at radius 1 is 1.17 bits per heavy atom. The Balaban J connectivity index is 1.50. The van der Waals surface area contributed by atoms with Crippen molar-refractivity contribution in [2.24, 2.45) is 5.92 Å². The molecule has 2 heterocycles. The molecule has 6 nitrogen and oxygen atoms in total. The van der Waals surface area contributed by atoms with Crippen LogP contribution in [0.2, 0.25) is 0 Å². The number of carbonyl (C=O) groups is 2. The van der Waals surface area contributed by atoms with Crippen molar-refractivity contribution in [2.45, 2.75) is 51.7 Å². The van der Waals surface area contributed by atoms with Crippen LogP contribution in [0.15, 0.2) is 18.2 Å². The molecule has 0 spiro atoms. The zero-order valence-corrected chi connectivity index (χ0v) is 17.7. The summed E-state index contributed by atoms with van der Waals surface area (Å²) in [5, 5.41) is 0. The van der Waals surface area contributed by atoms with Crippen LogP contribution in [-0.2, 0) is 20.8 Å². The average Bonchev–Trinajstić information content (AvgIpc) is 2.60. The molecule has 0 aliphatic carbocycles. The number of benzene rings is 1. The van der Waals surface area contributed by atoms with E-state index in [0.29, 0.717) is 25.2 Å². The Kier molecular flexibility index (Phi) is 6.46. The lowest BCUT2D eigenvalue weighted by atomic mass is 9.90. The Hall–Kier alpha value is -2.15. The number of rotatable bonds is 4. The Morgan fingerprint density at radius 2 is 1.83 bits per heavy atom. The van der Waals surface area contributed by atoms with Gasteiger partial charge in [0.1, 0.15) is 11.4 Å². The number of hydrogen-bond donors (Lipinski definition) is 0. The molecule has 7 heteroatoms. The highest BCUT2D eigenvalue weighted by Gasteiger charge is 2.36. The van der Waals surface area contributed by atoms with E-state index in [1.54, 1.807) is 11.0 Å². The molecule has 2 saturated heterocycles. The summed E-state index contributed by atoms with van der Waals surface area (Å²) in [6, 6.07) is 5.39. The van der Waals surface area contributed by atoms with Gasteiger partial charge in [0.15, 0.2) is 0 Å². The van der Waals surface area contributed by atoms with Gasteiger partial charge in [-0.25, -0.2) is 9.18 Å². The maximum Gasteiger partial charge on any atom is 0.410 e. The quantitative estimate of drug-likeness (QED) is 0.716. The van der Waals surface area contributed by atoms with Crippen molar-refractivity contribution in [3.8, 4) is 0 Å². The summed E-state index contributed by atoms with van der Waals surface area (Å²) < 4.78 is 24.8. The van der Waals surface area contributed by atoms with Crippen LogP contribution >= 0.6 is 0 Å². The highest BCUT2D eigenvalue weighted by molar-refractivity contribution is 5.72. The van der Waals surface area contributed by atoms with Gasteiger partial charge in [-0.05, 0) is 63.9 Å². The van der Waals surface area contributed by atoms with Crippen LogP contribution in [0.5, 0.6) is 0 Å². The van der Waals surface area contributed by atoms with Crippen LogP contribution < -0.4 is 0 Å². The first-order valence-corrected chi connectivity index (χ1v) is 10.2. The predicted molar refractivity (Wildman–Crippen MR) is 107 cm³/mol. The molecule has 0 atom stereocenters. The number of amides is 1. The highest BCUT2D eigenvalue weighted by Crippen LogP contribution is 2.31. The molecule has 0 aromatic heterocycles. The summed E-state index contributed by atoms with van der Waals surface area (Å²) in [7, 11) is 1.42. The summed E-state index contributed by atoms with van der Waals surface area (Å²) in [6.45, 7) is 8.72. The summed E-state index contributed by atoms with van der Waals surface area (Å²) in [5.74, 6) is -0.379. The minimum atomic E-state index is -0.527. The molecule has 0 unspecified atom stereocenters. The van der Waals surface area contributed by atoms with E-state index >= 15 is 0 Å². The molecular formula is C22H31FN2O4. The molecule has 1 aromatic rings. The van der Waals surface area contributed by atoms with Gasteiger partial charge in [-0.2, -0.15) is 0 Å². The maximum atomic E-state index is 14.7. The SMILES string of the molecule is COC(=O)C1CCN(Cc2ccc(C3CN(C(=O)OC(C)(C)C)C3)c(F)c2)CC1. The molecule has 3 rings (SSSR count). The number of hydrogen-bond acceptors (Lipinski definition) is 5. The highest BCUT2D eigenvalue weighted by atomic mass is 19.1. The van der Waals surface area contributed by atoms with Crippen molar-refractivity contribution in [2.75, 3.05) is 33.3 Å². The zero-order valence-electron chi connectivity index (χ0n) is 17.7. The number of ether oxygens (including phenoxy) is 2. The summed E-state index contributed by atoms with van der Waals surface area (Å²) in [4.78, 5) is 27.5. The summed E-state index contributed by atoms with van der Waals surface area (Å²) in [5.41, 5.74) is 1.05. The van der Waals surface area contributed by atoms with Gasteiger partial charge in [-0.3, -0.25) is 9.69 Å². The maximum absolute atomic E-state index is 14.7. The number of likely N-dealkylation sites (tertiary alicyclic amines) is 2. The Morgan fingerprint density at radius 3 is 2.38 bits per heavy atom. The Labute approximate surface area is 171 Å². The third kappa shape index (κ3) is 5.47. The largest absolute Gasteiger partial charge is 0.469 e. The average molecular weight is 406 g/mol. The fraction of sp³-hybridized carbons (Fsp3) is 0.636. The van der Waals surface area contributed by atoms with Gasteiger partial charge in [-0.1, -0.05) is 12.1 Å². The lowest BCUT2D eigenvalue weighted by molar-refractivity contribution is -0.147. The number of carbonyl (C=O) groups excluding carboxylic acids is 2. The van der Waals surface area contributed by atoms with Gasteiger partial charge < -0.3 is 14.4 Å². The van der Waals surface area contributed by atoms with Crippen LogP contribution in [0.1, 0.15) is 50.7 Å². The second kappa shape index (κ2) is 8.69. The van der Waals surface area contributed by atoms with Gasteiger partial charge in [0.05, 0.1) is 13.0 Å². The van der Waals surface area contributed by atoms with E-state index in [0.717, 1.165) is 31.5 Å². The number of nitrogens with zero attached hydrogens (tertiary/aromatic N) is 2. The molecule has 160 valence electrons. The van der Waals surface area contributed by atoms with Gasteiger partial charge in [0, 0.05) is 25.6 Å². The lowest BCUT2D eigenvalue weighted by Gasteiger charge is -2.40. The van der Waals surface area contributed by atoms with Crippen molar-refractivity contribution in [3.63, 3.8) is 0 Å². The smallest absolute Gasteiger partial charge is 0.410 e. The van der Waals surface area contributed by atoms with E-state index in [1.165, 1.54) is 7.11 Å². The van der Waals surface area contributed by atoms with Crippen molar-refractivity contribution >= 4 is 12.1 Å². The number of esters is 1. The van der Waals surface area contributed by atoms with Crippen LogP contribution in [0.25, 0.3) is 0 Å². The molecule has 29 heavy (non-hydrogen) atoms. The monoisotopic (exact) mass is 406 g/mol. The first-order valence-electron chi connectivity index (χ1n) is 10.2. The fourth-order valence-corrected chi connectivity index (χ4v) is 3.90. The van der Waals surface area contributed by atoms with Gasteiger partial charge in [-0.15, -0.1) is 0 Å². The third-order valence-corrected chi connectivity index (χ3v) is 5.57. The minimum absolute atomic E-state index is 0.00682. The fourth-order valence-electron chi connectivity index (χ4n) is 3.90. The van der Waals surface area contributed by atoms with Crippen molar-refractivity contribution in [1.29, 1.82) is 0 Å². The number of piperidine rings is 1. The number of methoxy groups -OCH3 is 1. The Bertz CT molecular complexity index is 748. The van der Waals surface area contributed by atoms with Crippen LogP contribution in [0.4, 0.5) is 9.18 Å². The first-order chi connectivity index (χ1) is 13.7. The van der Waals surface area contributed by atoms with E-state index in [2.05, 4.69) is 4.90 Å². The van der Waals surface area contributed by atoms with Gasteiger partial charge >= 0.3 is 12.1 Å². The van der Waals surface area contributed by atoms with Crippen LogP contribution in [0.3, 0.4) is 0 Å². The topological polar surface area (TPSA) is 59.1 Å².